The maximum Gasteiger partial charge on any atom is 0.253 e. The third-order valence-electron chi connectivity index (χ3n) is 6.41. The Kier molecular flexibility index (Phi) is 5.41. The van der Waals surface area contributed by atoms with Gasteiger partial charge in [0.05, 0.1) is 23.9 Å². The summed E-state index contributed by atoms with van der Waals surface area (Å²) >= 11 is 0. The van der Waals surface area contributed by atoms with Crippen LogP contribution in [0.2, 0.25) is 0 Å². The van der Waals surface area contributed by atoms with Crippen LogP contribution < -0.4 is 4.74 Å². The number of carbonyl (C=O) groups is 1. The zero-order valence-electron chi connectivity index (χ0n) is 17.3. The number of piperidine rings is 1. The summed E-state index contributed by atoms with van der Waals surface area (Å²) in [6.45, 7) is 7.35. The van der Waals surface area contributed by atoms with Gasteiger partial charge in [0.1, 0.15) is 5.75 Å². The van der Waals surface area contributed by atoms with Crippen molar-refractivity contribution < 1.29 is 19.4 Å². The van der Waals surface area contributed by atoms with E-state index in [9.17, 15) is 9.90 Å². The van der Waals surface area contributed by atoms with Crippen molar-refractivity contribution in [1.29, 1.82) is 0 Å². The minimum atomic E-state index is -0.266. The Hall–Kier alpha value is -1.59. The fourth-order valence-corrected chi connectivity index (χ4v) is 4.75. The standard InChI is InChI=1S/C23H33NO4/c1-15(2)27-20-7-6-18(12-16(20)3)22(26)24-10-8-23(9-11-24)14-19(25)13-21(28-23)17-4-5-17/h6-7,12,15,17,19,21,25H,4-5,8-11,13-14H2,1-3H3/t19-,21-/m1/s1. The normalized spacial score (nSPS) is 27.2. The number of hydrogen-bond donors (Lipinski definition) is 1. The van der Waals surface area contributed by atoms with Crippen molar-refractivity contribution in [3.63, 3.8) is 0 Å². The number of aryl methyl sites for hydroxylation is 1. The van der Waals surface area contributed by atoms with E-state index in [1.54, 1.807) is 0 Å². The van der Waals surface area contributed by atoms with Gasteiger partial charge in [-0.15, -0.1) is 0 Å². The Morgan fingerprint density at radius 2 is 2.00 bits per heavy atom. The molecule has 28 heavy (non-hydrogen) atoms. The maximum absolute atomic E-state index is 13.0. The highest BCUT2D eigenvalue weighted by atomic mass is 16.5. The lowest BCUT2D eigenvalue weighted by atomic mass is 9.81. The Labute approximate surface area is 168 Å². The van der Waals surface area contributed by atoms with Gasteiger partial charge in [-0.3, -0.25) is 4.79 Å². The van der Waals surface area contributed by atoms with Gasteiger partial charge in [0, 0.05) is 25.1 Å². The zero-order valence-corrected chi connectivity index (χ0v) is 17.3. The van der Waals surface area contributed by atoms with Crippen LogP contribution in [0.4, 0.5) is 0 Å². The van der Waals surface area contributed by atoms with Crippen molar-refractivity contribution in [2.75, 3.05) is 13.1 Å². The van der Waals surface area contributed by atoms with Crippen molar-refractivity contribution in [1.82, 2.24) is 4.90 Å². The van der Waals surface area contributed by atoms with Crippen LogP contribution in [-0.4, -0.2) is 52.9 Å². The molecule has 5 heteroatoms. The first-order valence-corrected chi connectivity index (χ1v) is 10.8. The van der Waals surface area contributed by atoms with E-state index in [4.69, 9.17) is 9.47 Å². The van der Waals surface area contributed by atoms with Gasteiger partial charge in [-0.05, 0) is 82.6 Å². The number of carbonyl (C=O) groups excluding carboxylic acids is 1. The molecule has 1 N–H and O–H groups in total. The predicted octanol–water partition coefficient (Wildman–Crippen LogP) is 3.71. The third-order valence-corrected chi connectivity index (χ3v) is 6.41. The van der Waals surface area contributed by atoms with Crippen molar-refractivity contribution in [2.45, 2.75) is 83.2 Å². The molecule has 0 unspecified atom stereocenters. The summed E-state index contributed by atoms with van der Waals surface area (Å²) in [4.78, 5) is 14.9. The lowest BCUT2D eigenvalue weighted by molar-refractivity contribution is -0.184. The topological polar surface area (TPSA) is 59.0 Å². The number of likely N-dealkylation sites (tertiary alicyclic amines) is 1. The monoisotopic (exact) mass is 387 g/mol. The second kappa shape index (κ2) is 7.68. The molecule has 2 atom stereocenters. The zero-order chi connectivity index (χ0) is 19.9. The molecule has 154 valence electrons. The molecule has 1 aromatic carbocycles. The van der Waals surface area contributed by atoms with Crippen LogP contribution in [0.25, 0.3) is 0 Å². The molecule has 1 spiro atoms. The Morgan fingerprint density at radius 1 is 1.29 bits per heavy atom. The van der Waals surface area contributed by atoms with Crippen LogP contribution in [0.5, 0.6) is 5.75 Å². The average molecular weight is 388 g/mol. The highest BCUT2D eigenvalue weighted by molar-refractivity contribution is 5.94. The summed E-state index contributed by atoms with van der Waals surface area (Å²) in [5, 5.41) is 10.4. The van der Waals surface area contributed by atoms with E-state index in [2.05, 4.69) is 0 Å². The minimum absolute atomic E-state index is 0.0733. The molecule has 5 nitrogen and oxygen atoms in total. The first kappa shape index (κ1) is 19.7. The van der Waals surface area contributed by atoms with Crippen molar-refractivity contribution in [3.05, 3.63) is 29.3 Å². The highest BCUT2D eigenvalue weighted by Gasteiger charge is 2.47. The van der Waals surface area contributed by atoms with Crippen molar-refractivity contribution in [3.8, 4) is 5.75 Å². The summed E-state index contributed by atoms with van der Waals surface area (Å²) in [7, 11) is 0. The van der Waals surface area contributed by atoms with E-state index in [0.717, 1.165) is 30.6 Å². The molecular weight excluding hydrogens is 354 g/mol. The Balaban J connectivity index is 1.39. The molecule has 4 rings (SSSR count). The molecule has 1 aliphatic carbocycles. The van der Waals surface area contributed by atoms with Crippen molar-refractivity contribution >= 4 is 5.91 Å². The summed E-state index contributed by atoms with van der Waals surface area (Å²) in [5.41, 5.74) is 1.45. The molecule has 0 radical (unpaired) electrons. The number of aliphatic hydroxyl groups is 1. The molecule has 2 heterocycles. The number of aliphatic hydroxyl groups excluding tert-OH is 1. The first-order chi connectivity index (χ1) is 13.3. The minimum Gasteiger partial charge on any atom is -0.491 e. The van der Waals surface area contributed by atoms with E-state index in [0.29, 0.717) is 31.0 Å². The Bertz CT molecular complexity index is 719. The summed E-state index contributed by atoms with van der Waals surface area (Å²) in [6.07, 6.45) is 5.63. The van der Waals surface area contributed by atoms with E-state index in [-0.39, 0.29) is 29.8 Å². The third kappa shape index (κ3) is 4.20. The Morgan fingerprint density at radius 3 is 2.61 bits per heavy atom. The number of benzene rings is 1. The number of rotatable bonds is 4. The van der Waals surface area contributed by atoms with Crippen LogP contribution in [0, 0.1) is 12.8 Å². The summed E-state index contributed by atoms with van der Waals surface area (Å²) < 4.78 is 12.3. The summed E-state index contributed by atoms with van der Waals surface area (Å²) in [5.74, 6) is 1.55. The van der Waals surface area contributed by atoms with E-state index < -0.39 is 0 Å². The van der Waals surface area contributed by atoms with Gasteiger partial charge < -0.3 is 19.5 Å². The second-order valence-electron chi connectivity index (χ2n) is 9.21. The first-order valence-electron chi connectivity index (χ1n) is 10.8. The van der Waals surface area contributed by atoms with Crippen molar-refractivity contribution in [2.24, 2.45) is 5.92 Å². The van der Waals surface area contributed by atoms with E-state index >= 15 is 0 Å². The number of amides is 1. The fraction of sp³-hybridized carbons (Fsp3) is 0.696. The van der Waals surface area contributed by atoms with Gasteiger partial charge in [0.15, 0.2) is 0 Å². The average Bonchev–Trinajstić information content (AvgIpc) is 3.48. The number of nitrogens with zero attached hydrogens (tertiary/aromatic N) is 1. The molecular formula is C23H33NO4. The molecule has 1 aromatic rings. The van der Waals surface area contributed by atoms with Crippen LogP contribution in [-0.2, 0) is 4.74 Å². The smallest absolute Gasteiger partial charge is 0.253 e. The predicted molar refractivity (Wildman–Crippen MR) is 108 cm³/mol. The lowest BCUT2D eigenvalue weighted by Crippen LogP contribution is -2.54. The van der Waals surface area contributed by atoms with Crippen LogP contribution in [0.15, 0.2) is 18.2 Å². The highest BCUT2D eigenvalue weighted by Crippen LogP contribution is 2.45. The fourth-order valence-electron chi connectivity index (χ4n) is 4.75. The second-order valence-corrected chi connectivity index (χ2v) is 9.21. The van der Waals surface area contributed by atoms with Gasteiger partial charge in [0.2, 0.25) is 0 Å². The van der Waals surface area contributed by atoms with Crippen LogP contribution in [0.1, 0.15) is 68.3 Å². The van der Waals surface area contributed by atoms with E-state index in [1.807, 2.05) is 43.9 Å². The molecule has 1 amide bonds. The van der Waals surface area contributed by atoms with Gasteiger partial charge >= 0.3 is 0 Å². The summed E-state index contributed by atoms with van der Waals surface area (Å²) in [6, 6.07) is 5.69. The molecule has 0 bridgehead atoms. The molecule has 3 fully saturated rings. The largest absolute Gasteiger partial charge is 0.491 e. The van der Waals surface area contributed by atoms with Crippen LogP contribution >= 0.6 is 0 Å². The van der Waals surface area contributed by atoms with Gasteiger partial charge in [-0.2, -0.15) is 0 Å². The maximum atomic E-state index is 13.0. The molecule has 3 aliphatic rings. The molecule has 0 aromatic heterocycles. The molecule has 2 saturated heterocycles. The number of ether oxygens (including phenoxy) is 2. The quantitative estimate of drug-likeness (QED) is 0.856. The van der Waals surface area contributed by atoms with Gasteiger partial charge in [-0.1, -0.05) is 0 Å². The molecule has 1 saturated carbocycles. The SMILES string of the molecule is Cc1cc(C(=O)N2CCC3(CC2)C[C@H](O)C[C@H](C2CC2)O3)ccc1OC(C)C. The molecule has 2 aliphatic heterocycles. The van der Waals surface area contributed by atoms with Gasteiger partial charge in [-0.25, -0.2) is 0 Å². The number of hydrogen-bond acceptors (Lipinski definition) is 4. The van der Waals surface area contributed by atoms with Gasteiger partial charge in [0.25, 0.3) is 5.91 Å². The van der Waals surface area contributed by atoms with E-state index in [1.165, 1.54) is 12.8 Å². The lowest BCUT2D eigenvalue weighted by Gasteiger charge is -2.48. The van der Waals surface area contributed by atoms with Crippen LogP contribution in [0.3, 0.4) is 0 Å².